The Morgan fingerprint density at radius 1 is 1.24 bits per heavy atom. The smallest absolute Gasteiger partial charge is 0.274 e. The summed E-state index contributed by atoms with van der Waals surface area (Å²) >= 11 is 1.93. The van der Waals surface area contributed by atoms with E-state index in [1.165, 1.54) is 16.8 Å². The minimum atomic E-state index is 0.140. The van der Waals surface area contributed by atoms with E-state index >= 15 is 0 Å². The number of benzene rings is 1. The predicted octanol–water partition coefficient (Wildman–Crippen LogP) is 3.12. The van der Waals surface area contributed by atoms with Gasteiger partial charge < -0.3 is 9.80 Å². The lowest BCUT2D eigenvalue weighted by atomic mass is 9.90. The molecule has 2 heterocycles. The second kappa shape index (κ2) is 9.35. The molecule has 4 rings (SSSR count). The monoisotopic (exact) mass is 412 g/mol. The number of hydrogen-bond donors (Lipinski definition) is 0. The van der Waals surface area contributed by atoms with Crippen molar-refractivity contribution in [2.75, 3.05) is 38.2 Å². The van der Waals surface area contributed by atoms with Crippen LogP contribution in [0.5, 0.6) is 0 Å². The summed E-state index contributed by atoms with van der Waals surface area (Å²) in [5, 5.41) is 4.77. The van der Waals surface area contributed by atoms with Crippen molar-refractivity contribution in [2.24, 2.45) is 0 Å². The molecular formula is C23H32N4OS. The summed E-state index contributed by atoms with van der Waals surface area (Å²) in [5.74, 6) is 2.21. The van der Waals surface area contributed by atoms with Crippen LogP contribution in [-0.4, -0.2) is 69.7 Å². The second-order valence-corrected chi connectivity index (χ2v) is 9.33. The molecule has 0 radical (unpaired) electrons. The standard InChI is InChI=1S/C23H32N4OS/c1-3-27-21-10-9-19(25(2)12-11-18-7-5-4-6-8-18)17-20(21)22(24-27)23(28)26-13-15-29-16-14-26/h4-8,19H,3,9-17H2,1-2H3. The maximum Gasteiger partial charge on any atom is 0.274 e. The van der Waals surface area contributed by atoms with Crippen LogP contribution in [0.15, 0.2) is 30.3 Å². The molecule has 2 aliphatic rings. The number of likely N-dealkylation sites (N-methyl/N-ethyl adjacent to an activating group) is 1. The van der Waals surface area contributed by atoms with E-state index in [0.29, 0.717) is 6.04 Å². The van der Waals surface area contributed by atoms with E-state index in [-0.39, 0.29) is 5.91 Å². The molecule has 1 amide bonds. The minimum Gasteiger partial charge on any atom is -0.336 e. The van der Waals surface area contributed by atoms with E-state index in [4.69, 9.17) is 5.10 Å². The zero-order chi connectivity index (χ0) is 20.2. The molecule has 2 aromatic rings. The molecule has 0 saturated carbocycles. The number of aryl methyl sites for hydroxylation is 1. The number of hydrogen-bond acceptors (Lipinski definition) is 4. The topological polar surface area (TPSA) is 41.4 Å². The van der Waals surface area contributed by atoms with Gasteiger partial charge in [-0.3, -0.25) is 9.48 Å². The van der Waals surface area contributed by atoms with Gasteiger partial charge in [0.15, 0.2) is 5.69 Å². The average Bonchev–Trinajstić information content (AvgIpc) is 3.16. The van der Waals surface area contributed by atoms with Crippen molar-refractivity contribution in [3.63, 3.8) is 0 Å². The van der Waals surface area contributed by atoms with Crippen LogP contribution in [0.1, 0.15) is 40.7 Å². The molecule has 29 heavy (non-hydrogen) atoms. The second-order valence-electron chi connectivity index (χ2n) is 8.11. The first-order valence-electron chi connectivity index (χ1n) is 10.9. The molecule has 1 aliphatic carbocycles. The van der Waals surface area contributed by atoms with Crippen molar-refractivity contribution in [1.82, 2.24) is 19.6 Å². The van der Waals surface area contributed by atoms with E-state index < -0.39 is 0 Å². The van der Waals surface area contributed by atoms with Crippen LogP contribution in [0.2, 0.25) is 0 Å². The Balaban J connectivity index is 1.48. The van der Waals surface area contributed by atoms with Crippen molar-refractivity contribution in [3.05, 3.63) is 52.8 Å². The van der Waals surface area contributed by atoms with Gasteiger partial charge in [0.2, 0.25) is 0 Å². The SMILES string of the molecule is CCn1nc(C(=O)N2CCSCC2)c2c1CCC(N(C)CCc1ccccc1)C2. The summed E-state index contributed by atoms with van der Waals surface area (Å²) in [7, 11) is 2.23. The molecule has 1 aromatic heterocycles. The van der Waals surface area contributed by atoms with Crippen LogP contribution >= 0.6 is 11.8 Å². The number of rotatable bonds is 6. The van der Waals surface area contributed by atoms with E-state index in [9.17, 15) is 4.79 Å². The highest BCUT2D eigenvalue weighted by molar-refractivity contribution is 7.99. The first-order valence-corrected chi connectivity index (χ1v) is 12.0. The van der Waals surface area contributed by atoms with Gasteiger partial charge in [-0.15, -0.1) is 0 Å². The number of carbonyl (C=O) groups is 1. The van der Waals surface area contributed by atoms with Gasteiger partial charge in [-0.05, 0) is 45.2 Å². The van der Waals surface area contributed by atoms with Gasteiger partial charge in [-0.1, -0.05) is 30.3 Å². The molecule has 5 nitrogen and oxygen atoms in total. The fourth-order valence-electron chi connectivity index (χ4n) is 4.53. The number of aromatic nitrogens is 2. The number of nitrogens with zero attached hydrogens (tertiary/aromatic N) is 4. The Hall–Kier alpha value is -1.79. The normalized spacial score (nSPS) is 19.4. The Labute approximate surface area is 178 Å². The van der Waals surface area contributed by atoms with Crippen molar-refractivity contribution in [1.29, 1.82) is 0 Å². The van der Waals surface area contributed by atoms with Gasteiger partial charge in [0, 0.05) is 55.0 Å². The third kappa shape index (κ3) is 4.53. The molecule has 6 heteroatoms. The first-order chi connectivity index (χ1) is 14.2. The highest BCUT2D eigenvalue weighted by Gasteiger charge is 2.32. The first kappa shape index (κ1) is 20.5. The van der Waals surface area contributed by atoms with Crippen molar-refractivity contribution < 1.29 is 4.79 Å². The number of carbonyl (C=O) groups excluding carboxylic acids is 1. The molecule has 1 saturated heterocycles. The fraction of sp³-hybridized carbons (Fsp3) is 0.565. The molecule has 1 unspecified atom stereocenters. The molecule has 1 atom stereocenters. The van der Waals surface area contributed by atoms with E-state index in [2.05, 4.69) is 53.9 Å². The van der Waals surface area contributed by atoms with E-state index in [0.717, 1.165) is 69.1 Å². The summed E-state index contributed by atoms with van der Waals surface area (Å²) in [4.78, 5) is 17.7. The largest absolute Gasteiger partial charge is 0.336 e. The Kier molecular flexibility index (Phi) is 6.60. The Morgan fingerprint density at radius 3 is 2.72 bits per heavy atom. The van der Waals surface area contributed by atoms with Gasteiger partial charge in [-0.2, -0.15) is 16.9 Å². The van der Waals surface area contributed by atoms with Gasteiger partial charge in [0.05, 0.1) is 0 Å². The van der Waals surface area contributed by atoms with Crippen LogP contribution in [0.25, 0.3) is 0 Å². The summed E-state index contributed by atoms with van der Waals surface area (Å²) in [6.45, 7) is 5.69. The fourth-order valence-corrected chi connectivity index (χ4v) is 5.43. The van der Waals surface area contributed by atoms with Crippen LogP contribution in [-0.2, 0) is 25.8 Å². The van der Waals surface area contributed by atoms with Crippen LogP contribution < -0.4 is 0 Å². The van der Waals surface area contributed by atoms with Gasteiger partial charge in [-0.25, -0.2) is 0 Å². The van der Waals surface area contributed by atoms with Gasteiger partial charge >= 0.3 is 0 Å². The number of amides is 1. The summed E-state index contributed by atoms with van der Waals surface area (Å²) in [6, 6.07) is 11.2. The summed E-state index contributed by atoms with van der Waals surface area (Å²) in [5.41, 5.74) is 4.59. The zero-order valence-electron chi connectivity index (χ0n) is 17.6. The van der Waals surface area contributed by atoms with Crippen LogP contribution in [0, 0.1) is 0 Å². The maximum atomic E-state index is 13.2. The Bertz CT molecular complexity index is 829. The molecule has 0 N–H and O–H groups in total. The lowest BCUT2D eigenvalue weighted by molar-refractivity contribution is 0.0763. The summed E-state index contributed by atoms with van der Waals surface area (Å²) < 4.78 is 2.07. The van der Waals surface area contributed by atoms with Gasteiger partial charge in [0.1, 0.15) is 0 Å². The quantitative estimate of drug-likeness (QED) is 0.731. The molecule has 0 bridgehead atoms. The third-order valence-corrected chi connectivity index (χ3v) is 7.28. The average molecular weight is 413 g/mol. The molecule has 1 fully saturated rings. The third-order valence-electron chi connectivity index (χ3n) is 6.34. The lowest BCUT2D eigenvalue weighted by Crippen LogP contribution is -2.40. The zero-order valence-corrected chi connectivity index (χ0v) is 18.5. The Morgan fingerprint density at radius 2 is 2.00 bits per heavy atom. The number of fused-ring (bicyclic) bond motifs is 1. The molecule has 1 aromatic carbocycles. The summed E-state index contributed by atoms with van der Waals surface area (Å²) in [6.07, 6.45) is 4.15. The van der Waals surface area contributed by atoms with Crippen LogP contribution in [0.4, 0.5) is 0 Å². The van der Waals surface area contributed by atoms with Gasteiger partial charge in [0.25, 0.3) is 5.91 Å². The maximum absolute atomic E-state index is 13.2. The van der Waals surface area contributed by atoms with Crippen molar-refractivity contribution in [3.8, 4) is 0 Å². The van der Waals surface area contributed by atoms with E-state index in [1.54, 1.807) is 0 Å². The molecule has 0 spiro atoms. The molecule has 1 aliphatic heterocycles. The molecular weight excluding hydrogens is 380 g/mol. The highest BCUT2D eigenvalue weighted by Crippen LogP contribution is 2.28. The van der Waals surface area contributed by atoms with Crippen LogP contribution in [0.3, 0.4) is 0 Å². The number of thioether (sulfide) groups is 1. The van der Waals surface area contributed by atoms with Crippen molar-refractivity contribution in [2.45, 2.75) is 45.2 Å². The lowest BCUT2D eigenvalue weighted by Gasteiger charge is -2.32. The molecule has 156 valence electrons. The highest BCUT2D eigenvalue weighted by atomic mass is 32.2. The van der Waals surface area contributed by atoms with E-state index in [1.807, 2.05) is 16.7 Å². The minimum absolute atomic E-state index is 0.140. The predicted molar refractivity (Wildman–Crippen MR) is 120 cm³/mol. The van der Waals surface area contributed by atoms with Crippen molar-refractivity contribution >= 4 is 17.7 Å².